The van der Waals surface area contributed by atoms with Crippen molar-refractivity contribution in [1.82, 2.24) is 15.0 Å². The lowest BCUT2D eigenvalue weighted by atomic mass is 10.4. The van der Waals surface area contributed by atoms with Crippen LogP contribution < -0.4 is 10.5 Å². The number of hydrogen-bond donors (Lipinski definition) is 1. The lowest BCUT2D eigenvalue weighted by molar-refractivity contribution is 0.122. The highest BCUT2D eigenvalue weighted by molar-refractivity contribution is 7.13. The first-order chi connectivity index (χ1) is 9.66. The Bertz CT molecular complexity index is 681. The molecule has 2 aromatic heterocycles. The Morgan fingerprint density at radius 3 is 2.75 bits per heavy atom. The third-order valence-corrected chi connectivity index (χ3v) is 4.47. The lowest BCUT2D eigenvalue weighted by Gasteiger charge is -2.28. The molecule has 0 saturated carbocycles. The summed E-state index contributed by atoms with van der Waals surface area (Å²) in [4.78, 5) is 25.5. The molecule has 1 N–H and O–H groups in total. The van der Waals surface area contributed by atoms with E-state index in [9.17, 15) is 4.79 Å². The number of H-pyrrole nitrogens is 1. The second kappa shape index (κ2) is 5.69. The molecule has 3 rings (SSSR count). The average molecular weight is 333 g/mol. The Morgan fingerprint density at radius 2 is 2.10 bits per heavy atom. The molecule has 1 saturated heterocycles. The summed E-state index contributed by atoms with van der Waals surface area (Å²) in [6.45, 7) is 2.46. The minimum absolute atomic E-state index is 0.0799. The molecule has 6 nitrogen and oxygen atoms in total. The molecule has 0 spiro atoms. The van der Waals surface area contributed by atoms with Crippen molar-refractivity contribution in [3.63, 3.8) is 0 Å². The second-order valence-electron chi connectivity index (χ2n) is 4.12. The molecule has 0 unspecified atom stereocenters. The summed E-state index contributed by atoms with van der Waals surface area (Å²) in [7, 11) is 0. The Morgan fingerprint density at radius 1 is 1.35 bits per heavy atom. The van der Waals surface area contributed by atoms with E-state index in [2.05, 4.69) is 15.0 Å². The van der Waals surface area contributed by atoms with Crippen LogP contribution in [0.4, 0.5) is 5.82 Å². The largest absolute Gasteiger partial charge is 0.378 e. The fourth-order valence-corrected chi connectivity index (χ4v) is 3.09. The first-order valence-electron chi connectivity index (χ1n) is 5.88. The van der Waals surface area contributed by atoms with E-state index in [0.717, 1.165) is 0 Å². The molecule has 3 heterocycles. The molecular weight excluding hydrogens is 323 g/mol. The van der Waals surface area contributed by atoms with Crippen molar-refractivity contribution in [3.05, 3.63) is 26.0 Å². The van der Waals surface area contributed by atoms with Crippen molar-refractivity contribution in [3.8, 4) is 10.7 Å². The van der Waals surface area contributed by atoms with E-state index in [1.165, 1.54) is 11.3 Å². The predicted molar refractivity (Wildman–Crippen MR) is 79.0 cm³/mol. The van der Waals surface area contributed by atoms with Crippen LogP contribution >= 0.6 is 34.5 Å². The van der Waals surface area contributed by atoms with Gasteiger partial charge in [-0.25, -0.2) is 9.97 Å². The number of anilines is 1. The minimum atomic E-state index is -0.386. The Balaban J connectivity index is 2.08. The SMILES string of the molecule is O=c1[nH]c(-c2scnc2Cl)nc(N2CCOCC2)c1Cl. The maximum Gasteiger partial charge on any atom is 0.272 e. The summed E-state index contributed by atoms with van der Waals surface area (Å²) in [5.74, 6) is 0.839. The summed E-state index contributed by atoms with van der Waals surface area (Å²) >= 11 is 13.4. The van der Waals surface area contributed by atoms with Crippen molar-refractivity contribution < 1.29 is 4.74 Å². The van der Waals surface area contributed by atoms with E-state index >= 15 is 0 Å². The van der Waals surface area contributed by atoms with Crippen LogP contribution in [-0.4, -0.2) is 41.3 Å². The van der Waals surface area contributed by atoms with Crippen molar-refractivity contribution in [2.75, 3.05) is 31.2 Å². The van der Waals surface area contributed by atoms with Gasteiger partial charge >= 0.3 is 0 Å². The maximum atomic E-state index is 12.0. The number of aromatic amines is 1. The number of thiazole rings is 1. The smallest absolute Gasteiger partial charge is 0.272 e. The van der Waals surface area contributed by atoms with Gasteiger partial charge in [0.2, 0.25) is 0 Å². The normalized spacial score (nSPS) is 15.6. The fraction of sp³-hybridized carbons (Fsp3) is 0.364. The van der Waals surface area contributed by atoms with Crippen molar-refractivity contribution >= 4 is 40.4 Å². The van der Waals surface area contributed by atoms with E-state index < -0.39 is 0 Å². The highest BCUT2D eigenvalue weighted by atomic mass is 35.5. The van der Waals surface area contributed by atoms with Gasteiger partial charge in [0.15, 0.2) is 16.8 Å². The van der Waals surface area contributed by atoms with Crippen LogP contribution in [0.25, 0.3) is 10.7 Å². The molecule has 0 aromatic carbocycles. The monoisotopic (exact) mass is 332 g/mol. The molecule has 2 aromatic rings. The molecule has 1 fully saturated rings. The number of halogens is 2. The van der Waals surface area contributed by atoms with Gasteiger partial charge in [-0.2, -0.15) is 0 Å². The number of nitrogens with zero attached hydrogens (tertiary/aromatic N) is 3. The number of morpholine rings is 1. The van der Waals surface area contributed by atoms with Crippen molar-refractivity contribution in [2.24, 2.45) is 0 Å². The third kappa shape index (κ3) is 2.54. The van der Waals surface area contributed by atoms with Gasteiger partial charge in [-0.05, 0) is 0 Å². The summed E-state index contributed by atoms with van der Waals surface area (Å²) in [5, 5.41) is 0.393. The number of aromatic nitrogens is 3. The summed E-state index contributed by atoms with van der Waals surface area (Å²) in [6, 6.07) is 0. The quantitative estimate of drug-likeness (QED) is 0.911. The van der Waals surface area contributed by atoms with Crippen LogP contribution in [0.5, 0.6) is 0 Å². The first-order valence-corrected chi connectivity index (χ1v) is 7.52. The zero-order chi connectivity index (χ0) is 14.1. The van der Waals surface area contributed by atoms with Crippen molar-refractivity contribution in [2.45, 2.75) is 0 Å². The zero-order valence-electron chi connectivity index (χ0n) is 10.2. The molecule has 0 atom stereocenters. The molecule has 1 aliphatic heterocycles. The summed E-state index contributed by atoms with van der Waals surface area (Å²) in [6.07, 6.45) is 0. The van der Waals surface area contributed by atoms with Crippen LogP contribution in [0.1, 0.15) is 0 Å². The van der Waals surface area contributed by atoms with Gasteiger partial charge < -0.3 is 14.6 Å². The van der Waals surface area contributed by atoms with Gasteiger partial charge in [-0.1, -0.05) is 23.2 Å². The lowest BCUT2D eigenvalue weighted by Crippen LogP contribution is -2.38. The van der Waals surface area contributed by atoms with Crippen LogP contribution in [0.15, 0.2) is 10.3 Å². The van der Waals surface area contributed by atoms with Gasteiger partial charge in [-0.15, -0.1) is 11.3 Å². The minimum Gasteiger partial charge on any atom is -0.378 e. The highest BCUT2D eigenvalue weighted by Crippen LogP contribution is 2.30. The molecule has 1 aliphatic rings. The molecule has 0 bridgehead atoms. The average Bonchev–Trinajstić information content (AvgIpc) is 2.89. The van der Waals surface area contributed by atoms with Gasteiger partial charge in [0, 0.05) is 13.1 Å². The number of hydrogen-bond acceptors (Lipinski definition) is 6. The molecule has 0 aliphatic carbocycles. The Hall–Kier alpha value is -1.15. The molecule has 106 valence electrons. The van der Waals surface area contributed by atoms with Crippen LogP contribution in [0, 0.1) is 0 Å². The van der Waals surface area contributed by atoms with Crippen LogP contribution in [-0.2, 0) is 4.74 Å². The third-order valence-electron chi connectivity index (χ3n) is 2.89. The van der Waals surface area contributed by atoms with E-state index in [0.29, 0.717) is 48.0 Å². The van der Waals surface area contributed by atoms with Crippen LogP contribution in [0.3, 0.4) is 0 Å². The summed E-state index contributed by atoms with van der Waals surface area (Å²) < 4.78 is 5.29. The molecule has 0 radical (unpaired) electrons. The summed E-state index contributed by atoms with van der Waals surface area (Å²) in [5.41, 5.74) is 1.21. The Kier molecular flexibility index (Phi) is 3.93. The van der Waals surface area contributed by atoms with E-state index in [-0.39, 0.29) is 10.6 Å². The Labute approximate surface area is 128 Å². The standard InChI is InChI=1S/C11H10Cl2N4O2S/c12-6-10(17-1-3-19-4-2-17)15-9(16-11(6)18)7-8(13)14-5-20-7/h5H,1-4H2,(H,15,16,18). The topological polar surface area (TPSA) is 71.1 Å². The second-order valence-corrected chi connectivity index (χ2v) is 5.71. The molecular formula is C11H10Cl2N4O2S. The van der Waals surface area contributed by atoms with E-state index in [1.807, 2.05) is 4.90 Å². The predicted octanol–water partition coefficient (Wildman–Crippen LogP) is 2.04. The van der Waals surface area contributed by atoms with Gasteiger partial charge in [0.25, 0.3) is 5.56 Å². The number of rotatable bonds is 2. The first kappa shape index (κ1) is 13.8. The van der Waals surface area contributed by atoms with E-state index in [4.69, 9.17) is 27.9 Å². The molecule has 9 heteroatoms. The fourth-order valence-electron chi connectivity index (χ4n) is 1.93. The van der Waals surface area contributed by atoms with Gasteiger partial charge in [0.05, 0.1) is 18.7 Å². The molecule has 20 heavy (non-hydrogen) atoms. The van der Waals surface area contributed by atoms with Crippen LogP contribution in [0.2, 0.25) is 10.2 Å². The highest BCUT2D eigenvalue weighted by Gasteiger charge is 2.20. The van der Waals surface area contributed by atoms with Crippen molar-refractivity contribution in [1.29, 1.82) is 0 Å². The zero-order valence-corrected chi connectivity index (χ0v) is 12.6. The van der Waals surface area contributed by atoms with Gasteiger partial charge in [-0.3, -0.25) is 4.79 Å². The molecule has 0 amide bonds. The maximum absolute atomic E-state index is 12.0. The van der Waals surface area contributed by atoms with Gasteiger partial charge in [0.1, 0.15) is 9.90 Å². The van der Waals surface area contributed by atoms with E-state index in [1.54, 1.807) is 5.51 Å². The number of ether oxygens (including phenoxy) is 1. The number of nitrogens with one attached hydrogen (secondary N) is 1.